The summed E-state index contributed by atoms with van der Waals surface area (Å²) in [5.74, 6) is -0.170. The minimum atomic E-state index is -2.89. The van der Waals surface area contributed by atoms with Crippen molar-refractivity contribution in [3.05, 3.63) is 12.2 Å². The summed E-state index contributed by atoms with van der Waals surface area (Å²) in [5, 5.41) is 0. The zero-order valence-electron chi connectivity index (χ0n) is 23.0. The number of unbranched alkanes of at least 4 members (excludes halogenated alkanes) is 12. The molecule has 0 bridgehead atoms. The minimum absolute atomic E-state index is 0.0795. The van der Waals surface area contributed by atoms with Crippen LogP contribution in [0.1, 0.15) is 124 Å². The van der Waals surface area contributed by atoms with E-state index in [2.05, 4.69) is 39.8 Å². The Hall–Kier alpha value is -0.398. The van der Waals surface area contributed by atoms with Gasteiger partial charge in [-0.15, -0.1) is 0 Å². The third-order valence-electron chi connectivity index (χ3n) is 7.74. The molecule has 1 heterocycles. The van der Waals surface area contributed by atoms with Gasteiger partial charge in [-0.2, -0.15) is 0 Å². The normalized spacial score (nSPS) is 16.6. The van der Waals surface area contributed by atoms with Crippen molar-refractivity contribution in [2.24, 2.45) is 5.92 Å². The molecule has 5 heteroatoms. The number of hydrogen-bond donors (Lipinski definition) is 0. The fourth-order valence-corrected chi connectivity index (χ4v) is 14.8. The standard InChI is InChI=1S/C23H41NO3.3C2H5.Pb/c1-2-3-4-5-6-7-8-9-10-11-12-13-14-15-16-17-18-24-20-21(23(26)27)19-22(24)25;3*1-2;/h9-10,21H,2-8,11-20H2,1H3,(H,26,27);3*1H2,2H3;/q;;;;+1/p-1/b10-9-;;;;. The Bertz CT molecular complexity index is 565. The van der Waals surface area contributed by atoms with Gasteiger partial charge in [-0.1, -0.05) is 51.2 Å². The molecule has 0 radical (unpaired) electrons. The molecule has 1 aliphatic heterocycles. The van der Waals surface area contributed by atoms with Crippen molar-refractivity contribution in [1.82, 2.24) is 4.90 Å². The zero-order valence-corrected chi connectivity index (χ0v) is 26.9. The molecule has 4 nitrogen and oxygen atoms in total. The molecule has 198 valence electrons. The number of carbonyl (C=O) groups excluding carboxylic acids is 2. The molecule has 34 heavy (non-hydrogen) atoms. The first-order valence-electron chi connectivity index (χ1n) is 14.7. The van der Waals surface area contributed by atoms with Crippen LogP contribution in [-0.4, -0.2) is 51.5 Å². The molecule has 0 N–H and O–H groups in total. The Morgan fingerprint density at radius 3 is 1.85 bits per heavy atom. The van der Waals surface area contributed by atoms with Crippen LogP contribution < -0.4 is 0 Å². The van der Waals surface area contributed by atoms with Gasteiger partial charge in [-0.05, 0) is 19.3 Å². The van der Waals surface area contributed by atoms with Crippen molar-refractivity contribution in [3.63, 3.8) is 0 Å². The molecule has 1 rings (SSSR count). The first kappa shape index (κ1) is 31.6. The number of carbonyl (C=O) groups is 2. The van der Waals surface area contributed by atoms with Crippen LogP contribution >= 0.6 is 0 Å². The summed E-state index contributed by atoms with van der Waals surface area (Å²) in [7, 11) is 0. The van der Waals surface area contributed by atoms with E-state index in [0.29, 0.717) is 13.0 Å². The number of allylic oxidation sites excluding steroid dienone is 2. The van der Waals surface area contributed by atoms with Crippen molar-refractivity contribution < 1.29 is 12.3 Å². The Morgan fingerprint density at radius 1 is 0.824 bits per heavy atom. The average Bonchev–Trinajstić information content (AvgIpc) is 3.22. The fraction of sp³-hybridized carbons (Fsp3) is 0.862. The molecule has 1 saturated heterocycles. The van der Waals surface area contributed by atoms with Crippen LogP contribution in [0.3, 0.4) is 0 Å². The third-order valence-corrected chi connectivity index (χ3v) is 25.2. The van der Waals surface area contributed by atoms with Gasteiger partial charge in [0.15, 0.2) is 0 Å². The van der Waals surface area contributed by atoms with E-state index in [0.717, 1.165) is 24.9 Å². The number of likely N-dealkylation sites (tertiary alicyclic amines) is 1. The number of rotatable bonds is 21. The van der Waals surface area contributed by atoms with Crippen molar-refractivity contribution in [2.45, 2.75) is 136 Å². The summed E-state index contributed by atoms with van der Waals surface area (Å²) in [5.41, 5.74) is 0. The van der Waals surface area contributed by atoms with Gasteiger partial charge in [0, 0.05) is 0 Å². The van der Waals surface area contributed by atoms with E-state index < -0.39 is 21.6 Å². The van der Waals surface area contributed by atoms with E-state index in [1.807, 2.05) is 4.90 Å². The first-order valence-corrected chi connectivity index (χ1v) is 24.5. The predicted molar refractivity (Wildman–Crippen MR) is 147 cm³/mol. The van der Waals surface area contributed by atoms with Crippen LogP contribution in [0.25, 0.3) is 0 Å². The molecular formula is C29H55NO3Pb. The SMILES string of the molecule is CCCCCCCC/C=C\CCCCCCCCN1CC(C(=O)[O][Pb]([CH2]C)([CH2]C)[CH2]C)CC1=O. The second-order valence-electron chi connectivity index (χ2n) is 10.3. The van der Waals surface area contributed by atoms with Gasteiger partial charge in [0.05, 0.1) is 0 Å². The monoisotopic (exact) mass is 673 g/mol. The topological polar surface area (TPSA) is 46.6 Å². The molecule has 0 spiro atoms. The Kier molecular flexibility index (Phi) is 18.4. The number of hydrogen-bond acceptors (Lipinski definition) is 3. The van der Waals surface area contributed by atoms with Crippen LogP contribution in [-0.2, 0) is 12.3 Å². The summed E-state index contributed by atoms with van der Waals surface area (Å²) >= 11 is -2.89. The van der Waals surface area contributed by atoms with Gasteiger partial charge >= 0.3 is 147 Å². The van der Waals surface area contributed by atoms with E-state index in [4.69, 9.17) is 2.69 Å². The van der Waals surface area contributed by atoms with Gasteiger partial charge in [0.2, 0.25) is 0 Å². The predicted octanol–water partition coefficient (Wildman–Crippen LogP) is 8.42. The zero-order chi connectivity index (χ0) is 25.1. The molecule has 1 fully saturated rings. The van der Waals surface area contributed by atoms with Crippen molar-refractivity contribution >= 4 is 33.5 Å². The van der Waals surface area contributed by atoms with E-state index in [1.54, 1.807) is 0 Å². The summed E-state index contributed by atoms with van der Waals surface area (Å²) in [6, 6.07) is 0. The molecule has 0 aromatic rings. The summed E-state index contributed by atoms with van der Waals surface area (Å²) in [6.07, 6.45) is 23.2. The van der Waals surface area contributed by atoms with Crippen molar-refractivity contribution in [3.8, 4) is 0 Å². The summed E-state index contributed by atoms with van der Waals surface area (Å²) in [4.78, 5) is 27.0. The van der Waals surface area contributed by atoms with E-state index in [9.17, 15) is 9.59 Å². The van der Waals surface area contributed by atoms with E-state index in [-0.39, 0.29) is 17.8 Å². The van der Waals surface area contributed by atoms with Crippen molar-refractivity contribution in [2.75, 3.05) is 13.1 Å². The summed E-state index contributed by atoms with van der Waals surface area (Å²) < 4.78 is 9.24. The Labute approximate surface area is 217 Å². The van der Waals surface area contributed by atoms with Gasteiger partial charge < -0.3 is 0 Å². The fourth-order valence-electron chi connectivity index (χ4n) is 4.96. The molecule has 0 aliphatic carbocycles. The maximum atomic E-state index is 12.7. The Balaban J connectivity index is 2.04. The second-order valence-corrected chi connectivity index (χ2v) is 28.6. The van der Waals surface area contributed by atoms with Crippen LogP contribution in [0, 0.1) is 5.92 Å². The summed E-state index contributed by atoms with van der Waals surface area (Å²) in [6.45, 7) is 10.2. The van der Waals surface area contributed by atoms with Crippen LogP contribution in [0.2, 0.25) is 11.9 Å². The molecule has 1 amide bonds. The maximum absolute atomic E-state index is 12.7. The van der Waals surface area contributed by atoms with Crippen LogP contribution in [0.15, 0.2) is 12.2 Å². The molecule has 1 atom stereocenters. The average molecular weight is 673 g/mol. The quantitative estimate of drug-likeness (QED) is 0.0699. The third kappa shape index (κ3) is 13.1. The molecular weight excluding hydrogens is 618 g/mol. The van der Waals surface area contributed by atoms with E-state index in [1.165, 1.54) is 83.5 Å². The van der Waals surface area contributed by atoms with Gasteiger partial charge in [-0.3, -0.25) is 0 Å². The second kappa shape index (κ2) is 19.8. The number of amides is 1. The van der Waals surface area contributed by atoms with E-state index >= 15 is 0 Å². The molecule has 0 saturated carbocycles. The number of nitrogens with zero attached hydrogens (tertiary/aromatic N) is 1. The van der Waals surface area contributed by atoms with Crippen molar-refractivity contribution in [1.29, 1.82) is 0 Å². The van der Waals surface area contributed by atoms with Gasteiger partial charge in [0.1, 0.15) is 0 Å². The van der Waals surface area contributed by atoms with Gasteiger partial charge in [0.25, 0.3) is 0 Å². The Morgan fingerprint density at radius 2 is 1.32 bits per heavy atom. The molecule has 0 aromatic carbocycles. The first-order chi connectivity index (χ1) is 16.5. The van der Waals surface area contributed by atoms with Crippen LogP contribution in [0.5, 0.6) is 0 Å². The molecule has 0 aromatic heterocycles. The van der Waals surface area contributed by atoms with Gasteiger partial charge in [-0.25, -0.2) is 0 Å². The molecule has 1 aliphatic rings. The van der Waals surface area contributed by atoms with Crippen LogP contribution in [0.4, 0.5) is 0 Å². The molecule has 1 unspecified atom stereocenters.